The van der Waals surface area contributed by atoms with E-state index in [1.165, 1.54) is 11.3 Å². The molecule has 72 valence electrons. The van der Waals surface area contributed by atoms with Crippen LogP contribution in [0.5, 0.6) is 0 Å². The minimum atomic E-state index is -0.616. The fraction of sp³-hybridized carbons (Fsp3) is 0.0909. The van der Waals surface area contributed by atoms with Crippen LogP contribution in [0.4, 0.5) is 0 Å². The number of halogens is 1. The summed E-state index contributed by atoms with van der Waals surface area (Å²) in [6, 6.07) is 11.4. The molecule has 0 spiro atoms. The number of hydrogen-bond acceptors (Lipinski definition) is 2. The lowest BCUT2D eigenvalue weighted by Crippen LogP contribution is -1.97. The Morgan fingerprint density at radius 1 is 1.14 bits per heavy atom. The van der Waals surface area contributed by atoms with E-state index in [2.05, 4.69) is 0 Å². The Balaban J connectivity index is 2.34. The lowest BCUT2D eigenvalue weighted by molar-refractivity contribution is 0.221. The van der Waals surface area contributed by atoms with Crippen LogP contribution in [0.25, 0.3) is 0 Å². The molecule has 0 amide bonds. The van der Waals surface area contributed by atoms with Gasteiger partial charge >= 0.3 is 0 Å². The van der Waals surface area contributed by atoms with Crippen LogP contribution < -0.4 is 0 Å². The first-order valence-corrected chi connectivity index (χ1v) is 5.50. The zero-order valence-corrected chi connectivity index (χ0v) is 8.92. The van der Waals surface area contributed by atoms with Gasteiger partial charge in [-0.15, -0.1) is 11.3 Å². The number of thiophene rings is 1. The van der Waals surface area contributed by atoms with Gasteiger partial charge in [-0.2, -0.15) is 0 Å². The predicted octanol–water partition coefficient (Wildman–Crippen LogP) is 3.48. The maximum absolute atomic E-state index is 9.98. The minimum absolute atomic E-state index is 0.616. The summed E-state index contributed by atoms with van der Waals surface area (Å²) in [5.41, 5.74) is 1.65. The maximum atomic E-state index is 9.98. The molecule has 14 heavy (non-hydrogen) atoms. The van der Waals surface area contributed by atoms with E-state index >= 15 is 0 Å². The van der Waals surface area contributed by atoms with Crippen molar-refractivity contribution < 1.29 is 5.11 Å². The third-order valence-corrected chi connectivity index (χ3v) is 3.26. The summed E-state index contributed by atoms with van der Waals surface area (Å²) in [5.74, 6) is 0. The average molecular weight is 225 g/mol. The number of rotatable bonds is 2. The number of aliphatic hydroxyl groups excluding tert-OH is 1. The van der Waals surface area contributed by atoms with Gasteiger partial charge in [0.25, 0.3) is 0 Å². The van der Waals surface area contributed by atoms with E-state index in [0.29, 0.717) is 4.34 Å². The normalized spacial score (nSPS) is 12.7. The largest absolute Gasteiger partial charge is 0.384 e. The van der Waals surface area contributed by atoms with Gasteiger partial charge in [0, 0.05) is 5.56 Å². The number of benzene rings is 1. The molecule has 1 N–H and O–H groups in total. The van der Waals surface area contributed by atoms with Crippen LogP contribution in [0.2, 0.25) is 4.34 Å². The van der Waals surface area contributed by atoms with Crippen LogP contribution >= 0.6 is 22.9 Å². The van der Waals surface area contributed by atoms with Gasteiger partial charge in [0.05, 0.1) is 4.34 Å². The summed E-state index contributed by atoms with van der Waals surface area (Å²) in [7, 11) is 0. The highest BCUT2D eigenvalue weighted by atomic mass is 35.5. The van der Waals surface area contributed by atoms with E-state index in [1.54, 1.807) is 0 Å². The van der Waals surface area contributed by atoms with E-state index in [9.17, 15) is 5.11 Å². The second-order valence-corrected chi connectivity index (χ2v) is 4.48. The second-order valence-electron chi connectivity index (χ2n) is 2.96. The highest BCUT2D eigenvalue weighted by Gasteiger charge is 2.13. The van der Waals surface area contributed by atoms with Gasteiger partial charge in [-0.25, -0.2) is 0 Å². The smallest absolute Gasteiger partial charge is 0.106 e. The molecule has 1 aromatic carbocycles. The first-order chi connectivity index (χ1) is 6.79. The number of aliphatic hydroxyl groups is 1. The molecule has 0 aliphatic heterocycles. The van der Waals surface area contributed by atoms with E-state index in [4.69, 9.17) is 11.6 Å². The molecule has 1 aromatic heterocycles. The van der Waals surface area contributed by atoms with Crippen molar-refractivity contribution in [1.29, 1.82) is 0 Å². The van der Waals surface area contributed by atoms with Crippen molar-refractivity contribution in [2.24, 2.45) is 0 Å². The van der Waals surface area contributed by atoms with Crippen molar-refractivity contribution in [2.75, 3.05) is 0 Å². The summed E-state index contributed by atoms with van der Waals surface area (Å²) < 4.78 is 0.654. The minimum Gasteiger partial charge on any atom is -0.384 e. The quantitative estimate of drug-likeness (QED) is 0.828. The molecule has 0 aliphatic rings. The zero-order valence-electron chi connectivity index (χ0n) is 7.35. The average Bonchev–Trinajstić information content (AvgIpc) is 2.65. The summed E-state index contributed by atoms with van der Waals surface area (Å²) in [5, 5.41) is 11.9. The monoisotopic (exact) mass is 224 g/mol. The molecule has 0 fully saturated rings. The molecule has 1 unspecified atom stereocenters. The van der Waals surface area contributed by atoms with Crippen LogP contribution in [0, 0.1) is 0 Å². The summed E-state index contributed by atoms with van der Waals surface area (Å²) >= 11 is 7.38. The molecule has 1 nitrogen and oxygen atoms in total. The fourth-order valence-electron chi connectivity index (χ4n) is 1.31. The Morgan fingerprint density at radius 3 is 2.43 bits per heavy atom. The highest BCUT2D eigenvalue weighted by Crippen LogP contribution is 2.31. The first-order valence-electron chi connectivity index (χ1n) is 4.25. The first kappa shape index (κ1) is 9.71. The molecule has 0 radical (unpaired) electrons. The maximum Gasteiger partial charge on any atom is 0.106 e. The molecule has 1 atom stereocenters. The fourth-order valence-corrected chi connectivity index (χ4v) is 2.28. The van der Waals surface area contributed by atoms with Crippen LogP contribution in [-0.4, -0.2) is 5.11 Å². The Bertz CT molecular complexity index is 410. The van der Waals surface area contributed by atoms with E-state index < -0.39 is 6.10 Å². The Hall–Kier alpha value is -0.830. The van der Waals surface area contributed by atoms with Gasteiger partial charge in [-0.3, -0.25) is 0 Å². The topological polar surface area (TPSA) is 20.2 Å². The Labute approximate surface area is 91.6 Å². The molecule has 2 aromatic rings. The van der Waals surface area contributed by atoms with Gasteiger partial charge in [-0.05, 0) is 17.0 Å². The molecule has 1 heterocycles. The summed E-state index contributed by atoms with van der Waals surface area (Å²) in [4.78, 5) is 0. The van der Waals surface area contributed by atoms with E-state index in [1.807, 2.05) is 41.8 Å². The van der Waals surface area contributed by atoms with Gasteiger partial charge in [-0.1, -0.05) is 41.9 Å². The third kappa shape index (κ3) is 1.82. The highest BCUT2D eigenvalue weighted by molar-refractivity contribution is 7.14. The summed E-state index contributed by atoms with van der Waals surface area (Å²) in [6.07, 6.45) is -0.616. The van der Waals surface area contributed by atoms with Crippen molar-refractivity contribution in [2.45, 2.75) is 6.10 Å². The van der Waals surface area contributed by atoms with Crippen molar-refractivity contribution in [3.8, 4) is 0 Å². The van der Waals surface area contributed by atoms with Crippen molar-refractivity contribution in [3.63, 3.8) is 0 Å². The van der Waals surface area contributed by atoms with Crippen LogP contribution in [0.15, 0.2) is 41.8 Å². The van der Waals surface area contributed by atoms with Crippen molar-refractivity contribution in [3.05, 3.63) is 57.2 Å². The van der Waals surface area contributed by atoms with E-state index in [0.717, 1.165) is 11.1 Å². The van der Waals surface area contributed by atoms with Crippen LogP contribution in [-0.2, 0) is 0 Å². The Morgan fingerprint density at radius 2 is 1.86 bits per heavy atom. The molecule has 0 aliphatic carbocycles. The van der Waals surface area contributed by atoms with E-state index in [-0.39, 0.29) is 0 Å². The molecular weight excluding hydrogens is 216 g/mol. The molecule has 2 rings (SSSR count). The SMILES string of the molecule is OC(c1ccccc1)c1ccsc1Cl. The van der Waals surface area contributed by atoms with Crippen molar-refractivity contribution in [1.82, 2.24) is 0 Å². The third-order valence-electron chi connectivity index (χ3n) is 2.06. The zero-order chi connectivity index (χ0) is 9.97. The van der Waals surface area contributed by atoms with Gasteiger partial charge in [0.15, 0.2) is 0 Å². The molecule has 3 heteroatoms. The molecule has 0 saturated carbocycles. The van der Waals surface area contributed by atoms with Gasteiger partial charge in [0.1, 0.15) is 6.10 Å². The number of hydrogen-bond donors (Lipinski definition) is 1. The Kier molecular flexibility index (Phi) is 2.87. The molecule has 0 bridgehead atoms. The second kappa shape index (κ2) is 4.13. The molecule has 0 saturated heterocycles. The lowest BCUT2D eigenvalue weighted by Gasteiger charge is -2.09. The standard InChI is InChI=1S/C11H9ClOS/c12-11-9(6-7-14-11)10(13)8-4-2-1-3-5-8/h1-7,10,13H. The summed E-state index contributed by atoms with van der Waals surface area (Å²) in [6.45, 7) is 0. The lowest BCUT2D eigenvalue weighted by atomic mass is 10.0. The van der Waals surface area contributed by atoms with Crippen LogP contribution in [0.1, 0.15) is 17.2 Å². The van der Waals surface area contributed by atoms with Crippen molar-refractivity contribution >= 4 is 22.9 Å². The van der Waals surface area contributed by atoms with Gasteiger partial charge in [0.2, 0.25) is 0 Å². The molecular formula is C11H9ClOS. The van der Waals surface area contributed by atoms with Crippen LogP contribution in [0.3, 0.4) is 0 Å². The van der Waals surface area contributed by atoms with Gasteiger partial charge < -0.3 is 5.11 Å². The predicted molar refractivity (Wildman–Crippen MR) is 59.8 cm³/mol.